The molecule has 0 atom stereocenters. The van der Waals surface area contributed by atoms with E-state index in [1.807, 2.05) is 0 Å². The van der Waals surface area contributed by atoms with Crippen LogP contribution in [-0.4, -0.2) is 24.8 Å². The van der Waals surface area contributed by atoms with Crippen molar-refractivity contribution in [2.45, 2.75) is 6.54 Å². The van der Waals surface area contributed by atoms with Crippen LogP contribution in [-0.2, 0) is 20.6 Å². The highest BCUT2D eigenvalue weighted by Crippen LogP contribution is 2.19. The van der Waals surface area contributed by atoms with Gasteiger partial charge in [-0.3, -0.25) is 13.9 Å². The molecule has 3 rings (SSSR count). The molecule has 0 saturated carbocycles. The number of benzene rings is 1. The lowest BCUT2D eigenvalue weighted by Crippen LogP contribution is -2.37. The number of carbonyl (C=O) groups is 1. The van der Waals surface area contributed by atoms with Gasteiger partial charge < -0.3 is 9.67 Å². The molecule has 0 amide bonds. The molecule has 0 aliphatic carbocycles. The molecular formula is C16H14FN3O4. The predicted octanol–water partition coefficient (Wildman–Crippen LogP) is 0.924. The van der Waals surface area contributed by atoms with Gasteiger partial charge >= 0.3 is 11.7 Å². The average molecular weight is 331 g/mol. The first-order chi connectivity index (χ1) is 11.3. The molecule has 0 bridgehead atoms. The average Bonchev–Trinajstić information content (AvgIpc) is 2.93. The number of aryl methyl sites for hydroxylation is 1. The molecule has 0 radical (unpaired) electrons. The fraction of sp³-hybridized carbons (Fsp3) is 0.188. The molecule has 7 nitrogen and oxygen atoms in total. The third-order valence-electron chi connectivity index (χ3n) is 4.00. The number of halogens is 1. The van der Waals surface area contributed by atoms with E-state index in [-0.39, 0.29) is 28.8 Å². The third kappa shape index (κ3) is 2.23. The maximum Gasteiger partial charge on any atom is 0.352 e. The molecule has 0 unspecified atom stereocenters. The Morgan fingerprint density at radius 2 is 1.83 bits per heavy atom. The summed E-state index contributed by atoms with van der Waals surface area (Å²) in [6.45, 7) is -0.113. The Kier molecular flexibility index (Phi) is 3.59. The molecule has 24 heavy (non-hydrogen) atoms. The summed E-state index contributed by atoms with van der Waals surface area (Å²) in [7, 11) is 2.76. The number of carboxylic acids is 1. The lowest BCUT2D eigenvalue weighted by molar-refractivity contribution is 0.0686. The minimum atomic E-state index is -1.27. The Morgan fingerprint density at radius 1 is 1.17 bits per heavy atom. The second kappa shape index (κ2) is 5.48. The Labute approximate surface area is 134 Å². The monoisotopic (exact) mass is 331 g/mol. The highest BCUT2D eigenvalue weighted by Gasteiger charge is 2.21. The van der Waals surface area contributed by atoms with Gasteiger partial charge in [0.05, 0.1) is 11.9 Å². The first-order valence-electron chi connectivity index (χ1n) is 7.09. The quantitative estimate of drug-likeness (QED) is 0.773. The number of hydrogen-bond donors (Lipinski definition) is 1. The lowest BCUT2D eigenvalue weighted by atomic mass is 10.2. The minimum Gasteiger partial charge on any atom is -0.477 e. The molecule has 2 heterocycles. The Bertz CT molecular complexity index is 1090. The summed E-state index contributed by atoms with van der Waals surface area (Å²) < 4.78 is 17.3. The maximum atomic E-state index is 13.9. The van der Waals surface area contributed by atoms with Gasteiger partial charge in [0, 0.05) is 19.7 Å². The predicted molar refractivity (Wildman–Crippen MR) is 84.9 cm³/mol. The summed E-state index contributed by atoms with van der Waals surface area (Å²) in [6, 6.07) is 7.14. The van der Waals surface area contributed by atoms with Crippen molar-refractivity contribution in [3.8, 4) is 0 Å². The van der Waals surface area contributed by atoms with E-state index in [1.165, 1.54) is 47.5 Å². The zero-order valence-electron chi connectivity index (χ0n) is 13.0. The maximum absolute atomic E-state index is 13.9. The highest BCUT2D eigenvalue weighted by molar-refractivity contribution is 5.93. The summed E-state index contributed by atoms with van der Waals surface area (Å²) in [5.74, 6) is -1.76. The van der Waals surface area contributed by atoms with Crippen LogP contribution in [0.5, 0.6) is 0 Å². The molecule has 0 spiro atoms. The van der Waals surface area contributed by atoms with Crippen molar-refractivity contribution < 1.29 is 14.3 Å². The van der Waals surface area contributed by atoms with Gasteiger partial charge in [-0.25, -0.2) is 14.0 Å². The summed E-state index contributed by atoms with van der Waals surface area (Å²) in [4.78, 5) is 36.0. The summed E-state index contributed by atoms with van der Waals surface area (Å²) in [5, 5.41) is 9.51. The molecule has 124 valence electrons. The number of hydrogen-bond acceptors (Lipinski definition) is 3. The van der Waals surface area contributed by atoms with Gasteiger partial charge in [0.25, 0.3) is 5.56 Å². The van der Waals surface area contributed by atoms with E-state index in [0.29, 0.717) is 0 Å². The first-order valence-corrected chi connectivity index (χ1v) is 7.09. The normalized spacial score (nSPS) is 11.1. The van der Waals surface area contributed by atoms with Crippen LogP contribution in [0.3, 0.4) is 0 Å². The van der Waals surface area contributed by atoms with E-state index < -0.39 is 23.0 Å². The van der Waals surface area contributed by atoms with Crippen molar-refractivity contribution in [2.24, 2.45) is 14.1 Å². The standard InChI is InChI=1S/C16H14FN3O4/c1-18-13-10(14(21)19(2)16(18)24)7-12(15(22)23)20(13)8-9-5-3-4-6-11(9)17/h3-7H,8H2,1-2H3,(H,22,23). The highest BCUT2D eigenvalue weighted by atomic mass is 19.1. The van der Waals surface area contributed by atoms with E-state index in [1.54, 1.807) is 6.07 Å². The molecule has 1 N–H and O–H groups in total. The van der Waals surface area contributed by atoms with Gasteiger partial charge in [0.1, 0.15) is 17.2 Å². The molecule has 0 fully saturated rings. The molecule has 8 heteroatoms. The van der Waals surface area contributed by atoms with Crippen LogP contribution in [0.1, 0.15) is 16.1 Å². The summed E-state index contributed by atoms with van der Waals surface area (Å²) >= 11 is 0. The van der Waals surface area contributed by atoms with E-state index >= 15 is 0 Å². The SMILES string of the molecule is Cn1c(=O)c2cc(C(=O)O)n(Cc3ccccc3F)c2n(C)c1=O. The number of aromatic nitrogens is 3. The van der Waals surface area contributed by atoms with Gasteiger partial charge in [-0.05, 0) is 12.1 Å². The molecule has 0 aliphatic rings. The smallest absolute Gasteiger partial charge is 0.352 e. The lowest BCUT2D eigenvalue weighted by Gasteiger charge is -2.12. The van der Waals surface area contributed by atoms with Gasteiger partial charge in [-0.1, -0.05) is 18.2 Å². The van der Waals surface area contributed by atoms with Crippen molar-refractivity contribution >= 4 is 17.0 Å². The van der Waals surface area contributed by atoms with Gasteiger partial charge in [0.2, 0.25) is 0 Å². The largest absolute Gasteiger partial charge is 0.477 e. The Hall–Kier alpha value is -3.16. The fourth-order valence-electron chi connectivity index (χ4n) is 2.78. The van der Waals surface area contributed by atoms with E-state index in [0.717, 1.165) is 4.57 Å². The Balaban J connectivity index is 2.40. The first kappa shape index (κ1) is 15.7. The summed E-state index contributed by atoms with van der Waals surface area (Å²) in [6.07, 6.45) is 0. The molecular weight excluding hydrogens is 317 g/mol. The zero-order chi connectivity index (χ0) is 17.6. The third-order valence-corrected chi connectivity index (χ3v) is 4.00. The molecule has 2 aromatic heterocycles. The van der Waals surface area contributed by atoms with Crippen LogP contribution in [0.25, 0.3) is 11.0 Å². The zero-order valence-corrected chi connectivity index (χ0v) is 13.0. The second-order valence-electron chi connectivity index (χ2n) is 5.46. The van der Waals surface area contributed by atoms with Gasteiger partial charge in [0.15, 0.2) is 0 Å². The fourth-order valence-corrected chi connectivity index (χ4v) is 2.78. The number of aromatic carboxylic acids is 1. The number of fused-ring (bicyclic) bond motifs is 1. The van der Waals surface area contributed by atoms with E-state index in [4.69, 9.17) is 0 Å². The molecule has 0 saturated heterocycles. The molecule has 1 aromatic carbocycles. The van der Waals surface area contributed by atoms with Crippen molar-refractivity contribution in [3.05, 3.63) is 68.2 Å². The van der Waals surface area contributed by atoms with E-state index in [2.05, 4.69) is 0 Å². The summed E-state index contributed by atoms with van der Waals surface area (Å²) in [5.41, 5.74) is -0.971. The topological polar surface area (TPSA) is 86.2 Å². The Morgan fingerprint density at radius 3 is 2.46 bits per heavy atom. The van der Waals surface area contributed by atoms with Crippen LogP contribution in [0.15, 0.2) is 39.9 Å². The van der Waals surface area contributed by atoms with Crippen molar-refractivity contribution in [2.75, 3.05) is 0 Å². The van der Waals surface area contributed by atoms with Crippen LogP contribution < -0.4 is 11.2 Å². The van der Waals surface area contributed by atoms with Gasteiger partial charge in [-0.2, -0.15) is 0 Å². The van der Waals surface area contributed by atoms with Crippen LogP contribution in [0.4, 0.5) is 4.39 Å². The number of nitrogens with zero attached hydrogens (tertiary/aromatic N) is 3. The molecule has 0 aliphatic heterocycles. The van der Waals surface area contributed by atoms with Gasteiger partial charge in [-0.15, -0.1) is 0 Å². The van der Waals surface area contributed by atoms with Crippen molar-refractivity contribution in [3.63, 3.8) is 0 Å². The van der Waals surface area contributed by atoms with Crippen LogP contribution in [0, 0.1) is 5.82 Å². The van der Waals surface area contributed by atoms with Crippen LogP contribution in [0.2, 0.25) is 0 Å². The second-order valence-corrected chi connectivity index (χ2v) is 5.46. The minimum absolute atomic E-state index is 0.0911. The number of rotatable bonds is 3. The van der Waals surface area contributed by atoms with E-state index in [9.17, 15) is 23.9 Å². The van der Waals surface area contributed by atoms with Crippen molar-refractivity contribution in [1.82, 2.24) is 13.7 Å². The van der Waals surface area contributed by atoms with Crippen molar-refractivity contribution in [1.29, 1.82) is 0 Å². The molecule has 3 aromatic rings. The van der Waals surface area contributed by atoms with Crippen LogP contribution >= 0.6 is 0 Å². The number of carboxylic acid groups (broad SMARTS) is 1.